The molecule has 0 bridgehead atoms. The van der Waals surface area contributed by atoms with Crippen molar-refractivity contribution in [2.75, 3.05) is 0 Å². The summed E-state index contributed by atoms with van der Waals surface area (Å²) in [4.78, 5) is 11.7. The second kappa shape index (κ2) is 5.41. The molecule has 4 atom stereocenters. The van der Waals surface area contributed by atoms with Crippen LogP contribution in [0.2, 0.25) is 0 Å². The fourth-order valence-electron chi connectivity index (χ4n) is 2.37. The van der Waals surface area contributed by atoms with E-state index in [-0.39, 0.29) is 24.9 Å². The summed E-state index contributed by atoms with van der Waals surface area (Å²) in [7, 11) is -1.38. The van der Waals surface area contributed by atoms with Crippen LogP contribution in [0.5, 0.6) is 0 Å². The summed E-state index contributed by atoms with van der Waals surface area (Å²) in [6.45, 7) is 1.96. The van der Waals surface area contributed by atoms with Crippen LogP contribution in [-0.4, -0.2) is 26.6 Å². The zero-order chi connectivity index (χ0) is 12.9. The van der Waals surface area contributed by atoms with E-state index in [1.165, 1.54) is 0 Å². The minimum atomic E-state index is -1.38. The van der Waals surface area contributed by atoms with Crippen LogP contribution >= 0.6 is 0 Å². The normalized spacial score (nSPS) is 30.3. The van der Waals surface area contributed by atoms with Gasteiger partial charge in [-0.25, -0.2) is 8.51 Å². The van der Waals surface area contributed by atoms with E-state index in [0.29, 0.717) is 10.8 Å². The van der Waals surface area contributed by atoms with Crippen molar-refractivity contribution in [2.45, 2.75) is 36.7 Å². The van der Waals surface area contributed by atoms with Gasteiger partial charge in [0.2, 0.25) is 0 Å². The van der Waals surface area contributed by atoms with Crippen molar-refractivity contribution in [1.29, 1.82) is 0 Å². The fourth-order valence-corrected chi connectivity index (χ4v) is 3.85. The number of carbonyl (C=O) groups is 1. The fraction of sp³-hybridized carbons (Fsp3) is 0.462. The summed E-state index contributed by atoms with van der Waals surface area (Å²) < 4.78 is 13.9. The molecule has 1 aromatic rings. The second-order valence-corrected chi connectivity index (χ2v) is 6.41. The van der Waals surface area contributed by atoms with Crippen LogP contribution < -0.4 is 24.0 Å². The monoisotopic (exact) mass is 271 g/mol. The van der Waals surface area contributed by atoms with Crippen molar-refractivity contribution < 1.29 is 33.0 Å². The van der Waals surface area contributed by atoms with Crippen LogP contribution in [0.15, 0.2) is 29.2 Å². The molecule has 4 nitrogen and oxygen atoms in total. The van der Waals surface area contributed by atoms with Gasteiger partial charge in [0.15, 0.2) is 0 Å². The molecule has 1 heterocycles. The van der Waals surface area contributed by atoms with E-state index in [2.05, 4.69) is 0 Å². The Morgan fingerprint density at radius 2 is 1.89 bits per heavy atom. The van der Waals surface area contributed by atoms with Crippen molar-refractivity contribution in [3.8, 4) is 0 Å². The molecule has 1 aliphatic carbocycles. The first-order valence-corrected chi connectivity index (χ1v) is 7.18. The van der Waals surface area contributed by atoms with Gasteiger partial charge in [0.1, 0.15) is 11.0 Å². The summed E-state index contributed by atoms with van der Waals surface area (Å²) in [6.07, 6.45) is 2.08. The van der Waals surface area contributed by atoms with Gasteiger partial charge in [-0.2, -0.15) is 0 Å². The molecule has 0 spiro atoms. The summed E-state index contributed by atoms with van der Waals surface area (Å²) in [5.41, 5.74) is 1.09. The van der Waals surface area contributed by atoms with Crippen molar-refractivity contribution in [1.82, 2.24) is 4.31 Å². The molecule has 1 aromatic carbocycles. The van der Waals surface area contributed by atoms with Gasteiger partial charge in [0.05, 0.1) is 16.9 Å². The van der Waals surface area contributed by atoms with E-state index in [0.717, 1.165) is 18.4 Å². The van der Waals surface area contributed by atoms with E-state index in [1.54, 1.807) is 16.4 Å². The van der Waals surface area contributed by atoms with Crippen LogP contribution in [0, 0.1) is 12.8 Å². The molecular weight excluding hydrogens is 257 g/mol. The van der Waals surface area contributed by atoms with Crippen molar-refractivity contribution >= 4 is 17.0 Å². The van der Waals surface area contributed by atoms with Gasteiger partial charge in [-0.3, -0.25) is 0 Å². The van der Waals surface area contributed by atoms with Gasteiger partial charge in [-0.1, -0.05) is 17.7 Å². The molecule has 0 radical (unpaired) electrons. The number of hydrogen-bond acceptors (Lipinski definition) is 3. The van der Waals surface area contributed by atoms with Crippen LogP contribution in [0.3, 0.4) is 0 Å². The number of carboxylic acid groups (broad SMARTS) is 1. The molecule has 0 N–H and O–H groups in total. The predicted octanol–water partition coefficient (Wildman–Crippen LogP) is -2.77. The Hall–Kier alpha value is -0.603. The minimum Gasteiger partial charge on any atom is -0.548 e. The number of nitrogens with zero attached hydrogens (tertiary/aromatic N) is 1. The molecule has 6 heteroatoms. The molecule has 96 valence electrons. The first-order chi connectivity index (χ1) is 8.59. The minimum absolute atomic E-state index is 0. The molecule has 1 saturated carbocycles. The first kappa shape index (κ1) is 14.8. The smallest absolute Gasteiger partial charge is 0.548 e. The third-order valence-corrected chi connectivity index (χ3v) is 5.09. The number of rotatable bonds is 4. The zero-order valence-electron chi connectivity index (χ0n) is 11.0. The number of hydrogen-bond donors (Lipinski definition) is 0. The Bertz CT molecular complexity index is 515. The van der Waals surface area contributed by atoms with Crippen molar-refractivity contribution in [3.05, 3.63) is 29.8 Å². The maximum absolute atomic E-state index is 12.3. The number of carbonyl (C=O) groups excluding carboxylic acids is 1. The average Bonchev–Trinajstić information content (AvgIpc) is 3.20. The number of carboxylic acids is 1. The van der Waals surface area contributed by atoms with Gasteiger partial charge in [0, 0.05) is 6.04 Å². The van der Waals surface area contributed by atoms with Gasteiger partial charge >= 0.3 is 18.9 Å². The van der Waals surface area contributed by atoms with E-state index in [1.807, 2.05) is 19.1 Å². The number of benzene rings is 1. The van der Waals surface area contributed by atoms with Gasteiger partial charge in [-0.15, -0.1) is 0 Å². The number of aliphatic carboxylic acids is 1. The predicted molar refractivity (Wildman–Crippen MR) is 64.7 cm³/mol. The number of aryl methyl sites for hydroxylation is 1. The largest absolute Gasteiger partial charge is 1.00 e. The molecule has 0 amide bonds. The standard InChI is InChI=1S/C13H15NO3S.Li/c1-8-2-6-10(7-3-8)18(17)14-11(9-4-5-9)12(14)13(15)16;/h2-3,6-7,9,11-12H,4-5H2,1H3,(H,15,16);/q;+1/p-1/t11-,12-,14?,18-;/m1./s1. The molecule has 1 aliphatic heterocycles. The van der Waals surface area contributed by atoms with Crippen LogP contribution in [0.1, 0.15) is 18.4 Å². The Balaban J connectivity index is 0.00000133. The Kier molecular flexibility index (Phi) is 4.22. The zero-order valence-corrected chi connectivity index (χ0v) is 11.9. The first-order valence-electron chi connectivity index (χ1n) is 6.07. The molecule has 3 rings (SSSR count). The molecule has 2 fully saturated rings. The van der Waals surface area contributed by atoms with E-state index in [9.17, 15) is 14.1 Å². The Morgan fingerprint density at radius 1 is 1.32 bits per heavy atom. The van der Waals surface area contributed by atoms with Gasteiger partial charge < -0.3 is 9.90 Å². The molecule has 19 heavy (non-hydrogen) atoms. The Labute approximate surface area is 126 Å². The molecule has 2 aliphatic rings. The molecule has 1 unspecified atom stereocenters. The third-order valence-electron chi connectivity index (χ3n) is 3.56. The topological polar surface area (TPSA) is 60.2 Å². The van der Waals surface area contributed by atoms with Gasteiger partial charge in [-0.05, 0) is 37.8 Å². The van der Waals surface area contributed by atoms with Crippen molar-refractivity contribution in [2.24, 2.45) is 5.92 Å². The van der Waals surface area contributed by atoms with Crippen LogP contribution in [0.4, 0.5) is 0 Å². The second-order valence-electron chi connectivity index (χ2n) is 5.01. The molecule has 1 saturated heterocycles. The van der Waals surface area contributed by atoms with Crippen LogP contribution in [0.25, 0.3) is 0 Å². The van der Waals surface area contributed by atoms with Crippen molar-refractivity contribution in [3.63, 3.8) is 0 Å². The SMILES string of the molecule is Cc1ccc([S@@](=O)N2[C@H](C3CC3)[C@@H]2C(=O)[O-])cc1.[Li+]. The van der Waals surface area contributed by atoms with E-state index >= 15 is 0 Å². The Morgan fingerprint density at radius 3 is 2.37 bits per heavy atom. The summed E-state index contributed by atoms with van der Waals surface area (Å²) in [5.74, 6) is -0.713. The maximum Gasteiger partial charge on any atom is 1.00 e. The molecule has 0 aromatic heterocycles. The average molecular weight is 271 g/mol. The summed E-state index contributed by atoms with van der Waals surface area (Å²) in [5, 5.41) is 11.0. The maximum atomic E-state index is 12.3. The quantitative estimate of drug-likeness (QED) is 0.440. The summed E-state index contributed by atoms with van der Waals surface area (Å²) in [6, 6.07) is 6.60. The molecular formula is C13H14LiNO3S. The van der Waals surface area contributed by atoms with E-state index < -0.39 is 23.0 Å². The third kappa shape index (κ3) is 2.80. The van der Waals surface area contributed by atoms with E-state index in [4.69, 9.17) is 0 Å². The van der Waals surface area contributed by atoms with Gasteiger partial charge in [0.25, 0.3) is 0 Å². The van der Waals surface area contributed by atoms with Crippen LogP contribution in [-0.2, 0) is 15.8 Å². The summed E-state index contributed by atoms with van der Waals surface area (Å²) >= 11 is 0.